The maximum Gasteiger partial charge on any atom is 0.432 e. The van der Waals surface area contributed by atoms with Crippen molar-refractivity contribution < 1.29 is 28.6 Å². The van der Waals surface area contributed by atoms with Crippen LogP contribution in [0.2, 0.25) is 0 Å². The molecule has 1 aliphatic rings. The van der Waals surface area contributed by atoms with Crippen LogP contribution in [0.3, 0.4) is 0 Å². The molecule has 14 nitrogen and oxygen atoms in total. The second-order valence-corrected chi connectivity index (χ2v) is 8.40. The highest BCUT2D eigenvalue weighted by Gasteiger charge is 2.38. The van der Waals surface area contributed by atoms with Gasteiger partial charge < -0.3 is 30.8 Å². The van der Waals surface area contributed by atoms with E-state index in [1.165, 1.54) is 25.6 Å². The number of aromatic amines is 1. The number of H-pyrrole nitrogens is 1. The Bertz CT molecular complexity index is 998. The first-order valence-corrected chi connectivity index (χ1v) is 10.9. The summed E-state index contributed by atoms with van der Waals surface area (Å²) in [7, 11) is -3.02. The Hall–Kier alpha value is -2.61. The standard InChI is InChI=1S/C16H24N7O7P/c1-18-10(4-9-6-19-8-20-9)15(25)22-31(27,28)29-7-12-11(24)5-14(30-12)23-3-2-13(17)21-16(23)26/h2-3,6,8,10-12,14,18,24H,4-5,7H2,1H3,(H,19,20)(H2,17,21,26)(H2,22,25,27,28)/t10-,11-,12+,14+/m0/s1. The number of aromatic nitrogens is 4. The van der Waals surface area contributed by atoms with Gasteiger partial charge in [0.25, 0.3) is 0 Å². The summed E-state index contributed by atoms with van der Waals surface area (Å²) < 4.78 is 23.9. The van der Waals surface area contributed by atoms with E-state index in [1.807, 2.05) is 5.09 Å². The number of hydrogen-bond donors (Lipinski definition) is 6. The zero-order chi connectivity index (χ0) is 22.6. The lowest BCUT2D eigenvalue weighted by Crippen LogP contribution is -2.43. The third-order valence-electron chi connectivity index (χ3n) is 4.66. The number of nitrogens with zero attached hydrogens (tertiary/aromatic N) is 3. The second-order valence-electron chi connectivity index (χ2n) is 6.87. The molecule has 170 valence electrons. The van der Waals surface area contributed by atoms with Gasteiger partial charge in [-0.3, -0.25) is 19.0 Å². The van der Waals surface area contributed by atoms with Crippen molar-refractivity contribution >= 4 is 19.5 Å². The Morgan fingerprint density at radius 3 is 3.00 bits per heavy atom. The number of nitrogens with one attached hydrogen (secondary N) is 3. The summed E-state index contributed by atoms with van der Waals surface area (Å²) in [5, 5.41) is 14.9. The first-order chi connectivity index (χ1) is 14.7. The summed E-state index contributed by atoms with van der Waals surface area (Å²) in [6, 6.07) is 0.578. The number of imidazole rings is 1. The molecule has 1 saturated heterocycles. The van der Waals surface area contributed by atoms with E-state index in [4.69, 9.17) is 15.0 Å². The van der Waals surface area contributed by atoms with Crippen molar-refractivity contribution in [2.24, 2.45) is 0 Å². The number of aliphatic hydroxyl groups excluding tert-OH is 1. The van der Waals surface area contributed by atoms with E-state index in [9.17, 15) is 24.2 Å². The summed E-state index contributed by atoms with van der Waals surface area (Å²) in [4.78, 5) is 44.6. The number of rotatable bonds is 9. The minimum absolute atomic E-state index is 0.0348. The topological polar surface area (TPSA) is 207 Å². The van der Waals surface area contributed by atoms with Crippen molar-refractivity contribution in [1.29, 1.82) is 0 Å². The molecular formula is C16H24N7O7P. The smallest absolute Gasteiger partial charge is 0.390 e. The zero-order valence-corrected chi connectivity index (χ0v) is 17.4. The zero-order valence-electron chi connectivity index (χ0n) is 16.5. The number of nitrogen functional groups attached to an aromatic ring is 1. The molecule has 0 bridgehead atoms. The van der Waals surface area contributed by atoms with Crippen LogP contribution in [0.15, 0.2) is 29.6 Å². The van der Waals surface area contributed by atoms with Gasteiger partial charge >= 0.3 is 13.4 Å². The number of carbonyl (C=O) groups excluding carboxylic acids is 1. The third kappa shape index (κ3) is 5.97. The first kappa shape index (κ1) is 23.1. The molecule has 3 rings (SSSR count). The highest BCUT2D eigenvalue weighted by molar-refractivity contribution is 7.51. The van der Waals surface area contributed by atoms with Crippen molar-refractivity contribution in [1.82, 2.24) is 29.9 Å². The van der Waals surface area contributed by atoms with Crippen LogP contribution in [0.1, 0.15) is 18.3 Å². The van der Waals surface area contributed by atoms with Gasteiger partial charge in [0, 0.05) is 25.2 Å². The third-order valence-corrected chi connectivity index (χ3v) is 5.67. The Labute approximate surface area is 176 Å². The monoisotopic (exact) mass is 457 g/mol. The average Bonchev–Trinajstić information content (AvgIpc) is 3.33. The lowest BCUT2D eigenvalue weighted by molar-refractivity contribution is -0.121. The molecule has 5 atom stereocenters. The molecule has 0 aliphatic carbocycles. The van der Waals surface area contributed by atoms with Crippen LogP contribution in [0.4, 0.5) is 5.82 Å². The highest BCUT2D eigenvalue weighted by Crippen LogP contribution is 2.39. The molecule has 31 heavy (non-hydrogen) atoms. The van der Waals surface area contributed by atoms with Gasteiger partial charge in [-0.05, 0) is 13.1 Å². The van der Waals surface area contributed by atoms with E-state index >= 15 is 0 Å². The van der Waals surface area contributed by atoms with Crippen LogP contribution in [0, 0.1) is 0 Å². The number of hydrogen-bond acceptors (Lipinski definition) is 10. The fourth-order valence-electron chi connectivity index (χ4n) is 3.04. The number of aliphatic hydroxyl groups is 1. The molecule has 1 aliphatic heterocycles. The normalized spacial score (nSPS) is 23.9. The molecule has 1 amide bonds. The van der Waals surface area contributed by atoms with Gasteiger partial charge in [0.05, 0.1) is 30.8 Å². The maximum atomic E-state index is 12.3. The first-order valence-electron chi connectivity index (χ1n) is 9.31. The summed E-state index contributed by atoms with van der Waals surface area (Å²) in [6.45, 7) is -0.494. The number of carbonyl (C=O) groups is 1. The molecule has 15 heteroatoms. The van der Waals surface area contributed by atoms with Gasteiger partial charge in [0.1, 0.15) is 18.1 Å². The molecule has 7 N–H and O–H groups in total. The predicted molar refractivity (Wildman–Crippen MR) is 107 cm³/mol. The lowest BCUT2D eigenvalue weighted by atomic mass is 10.1. The van der Waals surface area contributed by atoms with Gasteiger partial charge in [-0.25, -0.2) is 14.3 Å². The molecule has 0 saturated carbocycles. The molecule has 2 aromatic heterocycles. The van der Waals surface area contributed by atoms with Crippen LogP contribution in [0.5, 0.6) is 0 Å². The Morgan fingerprint density at radius 2 is 2.35 bits per heavy atom. The quantitative estimate of drug-likeness (QED) is 0.233. The van der Waals surface area contributed by atoms with E-state index in [-0.39, 0.29) is 18.7 Å². The number of amides is 1. The Kier molecular flexibility index (Phi) is 7.20. The van der Waals surface area contributed by atoms with Gasteiger partial charge in [-0.1, -0.05) is 0 Å². The van der Waals surface area contributed by atoms with Crippen molar-refractivity contribution in [3.63, 3.8) is 0 Å². The minimum Gasteiger partial charge on any atom is -0.390 e. The van der Waals surface area contributed by atoms with Crippen LogP contribution in [0.25, 0.3) is 0 Å². The van der Waals surface area contributed by atoms with E-state index in [0.717, 1.165) is 4.57 Å². The van der Waals surface area contributed by atoms with Crippen molar-refractivity contribution in [3.05, 3.63) is 41.0 Å². The average molecular weight is 457 g/mol. The predicted octanol–water partition coefficient (Wildman–Crippen LogP) is -1.74. The minimum atomic E-state index is -4.55. The largest absolute Gasteiger partial charge is 0.432 e. The fourth-order valence-corrected chi connectivity index (χ4v) is 3.89. The summed E-state index contributed by atoms with van der Waals surface area (Å²) in [5.74, 6) is -0.717. The maximum absolute atomic E-state index is 12.3. The van der Waals surface area contributed by atoms with Crippen LogP contribution in [-0.2, 0) is 25.0 Å². The van der Waals surface area contributed by atoms with Gasteiger partial charge in [-0.2, -0.15) is 4.98 Å². The number of likely N-dealkylation sites (N-methyl/N-ethyl adjacent to an activating group) is 1. The van der Waals surface area contributed by atoms with E-state index in [0.29, 0.717) is 5.69 Å². The van der Waals surface area contributed by atoms with E-state index in [2.05, 4.69) is 20.3 Å². The second kappa shape index (κ2) is 9.68. The number of anilines is 1. The van der Waals surface area contributed by atoms with E-state index < -0.39 is 50.4 Å². The van der Waals surface area contributed by atoms with Crippen molar-refractivity contribution in [2.45, 2.75) is 37.3 Å². The Morgan fingerprint density at radius 1 is 1.58 bits per heavy atom. The fraction of sp³-hybridized carbons (Fsp3) is 0.500. The highest BCUT2D eigenvalue weighted by atomic mass is 31.2. The Balaban J connectivity index is 1.55. The number of ether oxygens (including phenoxy) is 1. The molecular weight excluding hydrogens is 433 g/mol. The number of nitrogens with two attached hydrogens (primary N) is 1. The van der Waals surface area contributed by atoms with E-state index in [1.54, 1.807) is 6.20 Å². The SMILES string of the molecule is CN[C@@H](Cc1c[nH]cn1)C(=O)NP(=O)(O)OC[C@H]1O[C@@H](n2ccc(N)nc2=O)C[C@@H]1O. The summed E-state index contributed by atoms with van der Waals surface area (Å²) in [6.07, 6.45) is 1.72. The molecule has 0 radical (unpaired) electrons. The van der Waals surface area contributed by atoms with Gasteiger partial charge in [0.2, 0.25) is 5.91 Å². The van der Waals surface area contributed by atoms with Crippen LogP contribution < -0.4 is 21.8 Å². The molecule has 0 aromatic carbocycles. The van der Waals surface area contributed by atoms with Crippen molar-refractivity contribution in [3.8, 4) is 0 Å². The lowest BCUT2D eigenvalue weighted by Gasteiger charge is -2.20. The molecule has 3 heterocycles. The van der Waals surface area contributed by atoms with Crippen LogP contribution >= 0.6 is 7.75 Å². The molecule has 0 spiro atoms. The van der Waals surface area contributed by atoms with Crippen LogP contribution in [-0.4, -0.2) is 67.3 Å². The van der Waals surface area contributed by atoms with Gasteiger partial charge in [-0.15, -0.1) is 0 Å². The molecule has 2 aromatic rings. The van der Waals surface area contributed by atoms with Gasteiger partial charge in [0.15, 0.2) is 0 Å². The summed E-state index contributed by atoms with van der Waals surface area (Å²) >= 11 is 0. The summed E-state index contributed by atoms with van der Waals surface area (Å²) in [5.41, 5.74) is 5.38. The molecule has 1 unspecified atom stereocenters. The molecule has 1 fully saturated rings. The van der Waals surface area contributed by atoms with Crippen molar-refractivity contribution in [2.75, 3.05) is 19.4 Å².